The fraction of sp³-hybridized carbons (Fsp3) is 0.455. The van der Waals surface area contributed by atoms with Crippen molar-refractivity contribution >= 4 is 23.2 Å². The summed E-state index contributed by atoms with van der Waals surface area (Å²) in [6, 6.07) is 15.8. The molecule has 2 aromatic rings. The quantitative estimate of drug-likeness (QED) is 0.799. The number of likely N-dealkylation sites (tertiary alicyclic amines) is 1. The van der Waals surface area contributed by atoms with Gasteiger partial charge in [-0.3, -0.25) is 4.90 Å². The number of rotatable bonds is 3. The highest BCUT2D eigenvalue weighted by molar-refractivity contribution is 6.30. The molecule has 0 aromatic heterocycles. The van der Waals surface area contributed by atoms with Crippen LogP contribution < -0.4 is 5.32 Å². The van der Waals surface area contributed by atoms with Gasteiger partial charge >= 0.3 is 0 Å². The van der Waals surface area contributed by atoms with E-state index in [1.165, 1.54) is 5.56 Å². The monoisotopic (exact) mass is 403 g/mol. The van der Waals surface area contributed by atoms with Gasteiger partial charge in [0.25, 0.3) is 0 Å². The number of hydrogen-bond donors (Lipinski definition) is 1. The van der Waals surface area contributed by atoms with Gasteiger partial charge < -0.3 is 5.11 Å². The summed E-state index contributed by atoms with van der Waals surface area (Å²) in [6.45, 7) is 2.62. The SMILES string of the molecule is OC1(c2ccc(Cl)cc2)CCN(C2CC(c3ccc(Cl)cc3)CC[N]2)CC1. The largest absolute Gasteiger partial charge is 0.385 e. The summed E-state index contributed by atoms with van der Waals surface area (Å²) >= 11 is 12.0. The standard InChI is InChI=1S/C22H25Cl2N2O/c23-19-5-1-16(2-6-19)17-9-12-25-21(15-17)26-13-10-22(27,11-14-26)18-3-7-20(24)8-4-18/h1-8,17,21,27H,9-15H2. The number of halogens is 2. The third kappa shape index (κ3) is 4.33. The zero-order valence-corrected chi connectivity index (χ0v) is 16.8. The van der Waals surface area contributed by atoms with Crippen LogP contribution in [0, 0.1) is 0 Å². The molecule has 143 valence electrons. The Morgan fingerprint density at radius 3 is 2.15 bits per heavy atom. The Balaban J connectivity index is 1.39. The third-order valence-electron chi connectivity index (χ3n) is 6.08. The minimum Gasteiger partial charge on any atom is -0.385 e. The molecule has 2 fully saturated rings. The number of benzene rings is 2. The molecule has 0 aliphatic carbocycles. The molecule has 2 saturated heterocycles. The van der Waals surface area contributed by atoms with Gasteiger partial charge in [-0.2, -0.15) is 0 Å². The first kappa shape index (κ1) is 19.2. The summed E-state index contributed by atoms with van der Waals surface area (Å²) in [4.78, 5) is 2.44. The van der Waals surface area contributed by atoms with E-state index in [4.69, 9.17) is 28.5 Å². The zero-order chi connectivity index (χ0) is 18.9. The van der Waals surface area contributed by atoms with Crippen molar-refractivity contribution in [2.24, 2.45) is 0 Å². The van der Waals surface area contributed by atoms with Gasteiger partial charge in [0.1, 0.15) is 0 Å². The lowest BCUT2D eigenvalue weighted by Gasteiger charge is -2.44. The maximum absolute atomic E-state index is 11.1. The minimum absolute atomic E-state index is 0.245. The molecular formula is C22H25Cl2N2O. The van der Waals surface area contributed by atoms with Crippen LogP contribution in [0.4, 0.5) is 0 Å². The highest BCUT2D eigenvalue weighted by Gasteiger charge is 2.37. The van der Waals surface area contributed by atoms with Gasteiger partial charge in [0.15, 0.2) is 0 Å². The van der Waals surface area contributed by atoms with Gasteiger partial charge in [0.05, 0.1) is 11.8 Å². The van der Waals surface area contributed by atoms with Crippen molar-refractivity contribution in [3.8, 4) is 0 Å². The molecule has 27 heavy (non-hydrogen) atoms. The predicted octanol–water partition coefficient (Wildman–Crippen LogP) is 4.78. The van der Waals surface area contributed by atoms with Crippen molar-refractivity contribution in [2.75, 3.05) is 19.6 Å². The molecule has 0 amide bonds. The molecule has 3 nitrogen and oxygen atoms in total. The highest BCUT2D eigenvalue weighted by Crippen LogP contribution is 2.36. The van der Waals surface area contributed by atoms with Crippen LogP contribution >= 0.6 is 23.2 Å². The molecule has 0 bridgehead atoms. The molecule has 2 aliphatic heterocycles. The Bertz CT molecular complexity index is 755. The lowest BCUT2D eigenvalue weighted by molar-refractivity contribution is -0.0436. The van der Waals surface area contributed by atoms with E-state index in [-0.39, 0.29) is 6.17 Å². The van der Waals surface area contributed by atoms with Crippen molar-refractivity contribution in [1.82, 2.24) is 10.2 Å². The Kier molecular flexibility index (Phi) is 5.77. The van der Waals surface area contributed by atoms with Crippen LogP contribution in [0.15, 0.2) is 48.5 Å². The fourth-order valence-corrected chi connectivity index (χ4v) is 4.62. The number of piperidine rings is 2. The van der Waals surface area contributed by atoms with E-state index < -0.39 is 5.60 Å². The van der Waals surface area contributed by atoms with Crippen LogP contribution in [0.3, 0.4) is 0 Å². The van der Waals surface area contributed by atoms with Gasteiger partial charge in [-0.05, 0) is 67.0 Å². The molecule has 4 rings (SSSR count). The summed E-state index contributed by atoms with van der Waals surface area (Å²) in [5.41, 5.74) is 1.56. The molecular weight excluding hydrogens is 379 g/mol. The van der Waals surface area contributed by atoms with Crippen LogP contribution in [0.25, 0.3) is 0 Å². The first-order valence-electron chi connectivity index (χ1n) is 9.68. The molecule has 2 heterocycles. The van der Waals surface area contributed by atoms with E-state index in [0.717, 1.165) is 55.9 Å². The summed E-state index contributed by atoms with van der Waals surface area (Å²) in [5.74, 6) is 0.529. The van der Waals surface area contributed by atoms with Crippen LogP contribution in [-0.2, 0) is 5.60 Å². The summed E-state index contributed by atoms with van der Waals surface area (Å²) in [6.07, 6.45) is 3.84. The smallest absolute Gasteiger partial charge is 0.0921 e. The maximum atomic E-state index is 11.1. The fourth-order valence-electron chi connectivity index (χ4n) is 4.37. The molecule has 2 unspecified atom stereocenters. The molecule has 0 saturated carbocycles. The molecule has 5 heteroatoms. The van der Waals surface area contributed by atoms with Crippen molar-refractivity contribution in [2.45, 2.75) is 43.4 Å². The van der Waals surface area contributed by atoms with Crippen molar-refractivity contribution < 1.29 is 5.11 Å². The second-order valence-electron chi connectivity index (χ2n) is 7.73. The van der Waals surface area contributed by atoms with Crippen LogP contribution in [0.1, 0.15) is 42.7 Å². The topological polar surface area (TPSA) is 37.6 Å². The molecule has 2 aromatic carbocycles. The first-order chi connectivity index (χ1) is 13.0. The van der Waals surface area contributed by atoms with Gasteiger partial charge in [-0.1, -0.05) is 47.5 Å². The van der Waals surface area contributed by atoms with E-state index in [9.17, 15) is 5.11 Å². The van der Waals surface area contributed by atoms with E-state index in [0.29, 0.717) is 10.9 Å². The number of hydrogen-bond acceptors (Lipinski definition) is 2. The lowest BCUT2D eigenvalue weighted by Crippen LogP contribution is -2.52. The van der Waals surface area contributed by atoms with Crippen LogP contribution in [0.2, 0.25) is 10.0 Å². The zero-order valence-electron chi connectivity index (χ0n) is 15.3. The van der Waals surface area contributed by atoms with Crippen molar-refractivity contribution in [3.63, 3.8) is 0 Å². The van der Waals surface area contributed by atoms with Gasteiger partial charge in [0, 0.05) is 29.7 Å². The molecule has 2 aliphatic rings. The van der Waals surface area contributed by atoms with E-state index in [1.807, 2.05) is 36.4 Å². The Morgan fingerprint density at radius 2 is 1.52 bits per heavy atom. The highest BCUT2D eigenvalue weighted by atomic mass is 35.5. The first-order valence-corrected chi connectivity index (χ1v) is 10.4. The summed E-state index contributed by atoms with van der Waals surface area (Å²) in [5, 5.41) is 17.5. The average molecular weight is 404 g/mol. The minimum atomic E-state index is -0.759. The van der Waals surface area contributed by atoms with E-state index >= 15 is 0 Å². The molecule has 1 N–H and O–H groups in total. The predicted molar refractivity (Wildman–Crippen MR) is 110 cm³/mol. The van der Waals surface area contributed by atoms with Gasteiger partial charge in [-0.25, -0.2) is 5.32 Å². The lowest BCUT2D eigenvalue weighted by atomic mass is 9.83. The average Bonchev–Trinajstić information content (AvgIpc) is 2.70. The van der Waals surface area contributed by atoms with Crippen molar-refractivity contribution in [1.29, 1.82) is 0 Å². The van der Waals surface area contributed by atoms with Crippen molar-refractivity contribution in [3.05, 3.63) is 69.7 Å². The maximum Gasteiger partial charge on any atom is 0.0921 e. The van der Waals surface area contributed by atoms with E-state index in [1.54, 1.807) is 0 Å². The second-order valence-corrected chi connectivity index (χ2v) is 8.61. The van der Waals surface area contributed by atoms with Gasteiger partial charge in [0.2, 0.25) is 0 Å². The molecule has 2 atom stereocenters. The van der Waals surface area contributed by atoms with Gasteiger partial charge in [-0.15, -0.1) is 0 Å². The molecule has 1 radical (unpaired) electrons. The second kappa shape index (κ2) is 8.10. The summed E-state index contributed by atoms with van der Waals surface area (Å²) in [7, 11) is 0. The third-order valence-corrected chi connectivity index (χ3v) is 6.59. The Hall–Kier alpha value is -1.10. The number of nitrogens with zero attached hydrogens (tertiary/aromatic N) is 2. The van der Waals surface area contributed by atoms with Crippen LogP contribution in [-0.4, -0.2) is 35.8 Å². The normalized spacial score (nSPS) is 26.0. The number of aliphatic hydroxyl groups is 1. The molecule has 0 spiro atoms. The summed E-state index contributed by atoms with van der Waals surface area (Å²) < 4.78 is 0. The Labute approximate surface area is 171 Å². The van der Waals surface area contributed by atoms with E-state index in [2.05, 4.69) is 17.0 Å². The van der Waals surface area contributed by atoms with Crippen LogP contribution in [0.5, 0.6) is 0 Å². The Morgan fingerprint density at radius 1 is 0.926 bits per heavy atom.